The van der Waals surface area contributed by atoms with Crippen LogP contribution in [-0.2, 0) is 4.79 Å². The number of carbonyl (C=O) groups excluding carboxylic acids is 1. The van der Waals surface area contributed by atoms with Gasteiger partial charge < -0.3 is 10.6 Å². The van der Waals surface area contributed by atoms with E-state index in [4.69, 9.17) is 5.73 Å². The second-order valence-corrected chi connectivity index (χ2v) is 5.96. The predicted molar refractivity (Wildman–Crippen MR) is 76.8 cm³/mol. The highest BCUT2D eigenvalue weighted by Crippen LogP contribution is 2.31. The number of amides is 1. The molecule has 4 heteroatoms. The molecule has 0 aromatic rings. The maximum atomic E-state index is 12.2. The molecule has 1 unspecified atom stereocenters. The standard InChI is InChI=1S/C14H26N2O.ClH/c1-11(15)9-14(17)16(13-7-8-13)10-12-5-3-2-4-6-12;/h11-13H,2-10,15H2,1H3;1H. The predicted octanol–water partition coefficient (Wildman–Crippen LogP) is 2.72. The van der Waals surface area contributed by atoms with E-state index in [9.17, 15) is 4.79 Å². The van der Waals surface area contributed by atoms with E-state index in [0.717, 1.165) is 12.5 Å². The maximum Gasteiger partial charge on any atom is 0.224 e. The quantitative estimate of drug-likeness (QED) is 0.838. The van der Waals surface area contributed by atoms with Crippen LogP contribution >= 0.6 is 12.4 Å². The Morgan fingerprint density at radius 1 is 1.22 bits per heavy atom. The van der Waals surface area contributed by atoms with E-state index in [1.54, 1.807) is 0 Å². The molecular weight excluding hydrogens is 248 g/mol. The lowest BCUT2D eigenvalue weighted by Crippen LogP contribution is -2.40. The molecule has 0 spiro atoms. The van der Waals surface area contributed by atoms with E-state index in [-0.39, 0.29) is 24.4 Å². The first-order valence-corrected chi connectivity index (χ1v) is 7.22. The van der Waals surface area contributed by atoms with E-state index < -0.39 is 0 Å². The Bertz CT molecular complexity index is 261. The Kier molecular flexibility index (Phi) is 6.44. The van der Waals surface area contributed by atoms with Crippen LogP contribution < -0.4 is 5.73 Å². The van der Waals surface area contributed by atoms with Crippen molar-refractivity contribution in [1.29, 1.82) is 0 Å². The van der Waals surface area contributed by atoms with Gasteiger partial charge in [-0.05, 0) is 38.5 Å². The minimum Gasteiger partial charge on any atom is -0.339 e. The first kappa shape index (κ1) is 15.8. The molecule has 0 aliphatic heterocycles. The highest BCUT2D eigenvalue weighted by molar-refractivity contribution is 5.85. The molecule has 0 aromatic carbocycles. The normalized spacial score (nSPS) is 22.1. The number of hydrogen-bond acceptors (Lipinski definition) is 2. The Morgan fingerprint density at radius 3 is 2.33 bits per heavy atom. The third kappa shape index (κ3) is 4.77. The van der Waals surface area contributed by atoms with Gasteiger partial charge in [-0.1, -0.05) is 19.3 Å². The number of nitrogens with zero attached hydrogens (tertiary/aromatic N) is 1. The van der Waals surface area contributed by atoms with Crippen LogP contribution in [0.5, 0.6) is 0 Å². The third-order valence-corrected chi connectivity index (χ3v) is 3.98. The SMILES string of the molecule is CC(N)CC(=O)N(CC1CCCCC1)C1CC1.Cl. The number of nitrogens with two attached hydrogens (primary N) is 1. The molecule has 0 radical (unpaired) electrons. The zero-order valence-electron chi connectivity index (χ0n) is 11.4. The number of carbonyl (C=O) groups is 1. The fraction of sp³-hybridized carbons (Fsp3) is 0.929. The molecule has 0 saturated heterocycles. The average molecular weight is 275 g/mol. The highest BCUT2D eigenvalue weighted by atomic mass is 35.5. The van der Waals surface area contributed by atoms with E-state index in [2.05, 4.69) is 4.90 Å². The first-order chi connectivity index (χ1) is 8.16. The summed E-state index contributed by atoms with van der Waals surface area (Å²) in [6, 6.07) is 0.540. The van der Waals surface area contributed by atoms with Crippen molar-refractivity contribution in [3.63, 3.8) is 0 Å². The van der Waals surface area contributed by atoms with Crippen LogP contribution in [-0.4, -0.2) is 29.4 Å². The Morgan fingerprint density at radius 2 is 1.83 bits per heavy atom. The summed E-state index contributed by atoms with van der Waals surface area (Å²) in [5.41, 5.74) is 5.74. The molecule has 0 aromatic heterocycles. The van der Waals surface area contributed by atoms with Crippen LogP contribution in [0, 0.1) is 5.92 Å². The van der Waals surface area contributed by atoms with Crippen LogP contribution in [0.4, 0.5) is 0 Å². The van der Waals surface area contributed by atoms with Gasteiger partial charge in [0.05, 0.1) is 0 Å². The van der Waals surface area contributed by atoms with Gasteiger partial charge in [-0.25, -0.2) is 0 Å². The molecule has 18 heavy (non-hydrogen) atoms. The van der Waals surface area contributed by atoms with Gasteiger partial charge in [-0.15, -0.1) is 12.4 Å². The lowest BCUT2D eigenvalue weighted by atomic mass is 9.89. The summed E-state index contributed by atoms with van der Waals surface area (Å²) < 4.78 is 0. The van der Waals surface area contributed by atoms with Crippen LogP contribution in [0.15, 0.2) is 0 Å². The van der Waals surface area contributed by atoms with Gasteiger partial charge in [-0.2, -0.15) is 0 Å². The molecule has 2 aliphatic rings. The van der Waals surface area contributed by atoms with Crippen molar-refractivity contribution in [1.82, 2.24) is 4.90 Å². The molecule has 1 atom stereocenters. The lowest BCUT2D eigenvalue weighted by Gasteiger charge is -2.30. The van der Waals surface area contributed by atoms with Gasteiger partial charge in [0.25, 0.3) is 0 Å². The molecule has 1 amide bonds. The fourth-order valence-corrected chi connectivity index (χ4v) is 2.88. The number of rotatable bonds is 5. The highest BCUT2D eigenvalue weighted by Gasteiger charge is 2.34. The molecule has 2 rings (SSSR count). The topological polar surface area (TPSA) is 46.3 Å². The zero-order chi connectivity index (χ0) is 12.3. The summed E-state index contributed by atoms with van der Waals surface area (Å²) in [7, 11) is 0. The minimum atomic E-state index is -0.00453. The van der Waals surface area contributed by atoms with Crippen molar-refractivity contribution in [3.8, 4) is 0 Å². The van der Waals surface area contributed by atoms with Gasteiger partial charge in [0, 0.05) is 25.0 Å². The van der Waals surface area contributed by atoms with E-state index in [1.165, 1.54) is 44.9 Å². The molecular formula is C14H27ClN2O. The van der Waals surface area contributed by atoms with Crippen LogP contribution in [0.1, 0.15) is 58.3 Å². The van der Waals surface area contributed by atoms with Gasteiger partial charge in [0.2, 0.25) is 5.91 Å². The van der Waals surface area contributed by atoms with Gasteiger partial charge >= 0.3 is 0 Å². The summed E-state index contributed by atoms with van der Waals surface area (Å²) in [6.07, 6.45) is 9.64. The maximum absolute atomic E-state index is 12.2. The molecule has 2 N–H and O–H groups in total. The monoisotopic (exact) mass is 274 g/mol. The number of hydrogen-bond donors (Lipinski definition) is 1. The Hall–Kier alpha value is -0.280. The summed E-state index contributed by atoms with van der Waals surface area (Å²) in [4.78, 5) is 14.3. The van der Waals surface area contributed by atoms with Crippen LogP contribution in [0.2, 0.25) is 0 Å². The van der Waals surface area contributed by atoms with Crippen molar-refractivity contribution in [2.75, 3.05) is 6.54 Å². The Labute approximate surface area is 117 Å². The minimum absolute atomic E-state index is 0. The van der Waals surface area contributed by atoms with Gasteiger partial charge in [0.1, 0.15) is 0 Å². The molecule has 0 bridgehead atoms. The van der Waals surface area contributed by atoms with Crippen molar-refractivity contribution in [2.24, 2.45) is 11.7 Å². The van der Waals surface area contributed by atoms with Crippen molar-refractivity contribution in [3.05, 3.63) is 0 Å². The van der Waals surface area contributed by atoms with Crippen LogP contribution in [0.25, 0.3) is 0 Å². The van der Waals surface area contributed by atoms with E-state index in [0.29, 0.717) is 12.5 Å². The second-order valence-electron chi connectivity index (χ2n) is 5.96. The molecule has 0 heterocycles. The first-order valence-electron chi connectivity index (χ1n) is 7.22. The molecule has 2 aliphatic carbocycles. The average Bonchev–Trinajstić information content (AvgIpc) is 3.10. The van der Waals surface area contributed by atoms with Crippen molar-refractivity contribution >= 4 is 18.3 Å². The molecule has 2 saturated carbocycles. The largest absolute Gasteiger partial charge is 0.339 e. The third-order valence-electron chi connectivity index (χ3n) is 3.98. The smallest absolute Gasteiger partial charge is 0.224 e. The number of halogens is 1. The van der Waals surface area contributed by atoms with Crippen molar-refractivity contribution in [2.45, 2.75) is 70.4 Å². The fourth-order valence-electron chi connectivity index (χ4n) is 2.88. The van der Waals surface area contributed by atoms with Gasteiger partial charge in [0.15, 0.2) is 0 Å². The summed E-state index contributed by atoms with van der Waals surface area (Å²) in [6.45, 7) is 2.92. The molecule has 2 fully saturated rings. The van der Waals surface area contributed by atoms with Crippen molar-refractivity contribution < 1.29 is 4.79 Å². The molecule has 106 valence electrons. The Balaban J connectivity index is 0.00000162. The summed E-state index contributed by atoms with van der Waals surface area (Å²) in [5, 5.41) is 0. The second kappa shape index (κ2) is 7.34. The van der Waals surface area contributed by atoms with Gasteiger partial charge in [-0.3, -0.25) is 4.79 Å². The molecule has 3 nitrogen and oxygen atoms in total. The van der Waals surface area contributed by atoms with E-state index in [1.807, 2.05) is 6.92 Å². The summed E-state index contributed by atoms with van der Waals surface area (Å²) >= 11 is 0. The van der Waals surface area contributed by atoms with E-state index >= 15 is 0 Å². The zero-order valence-corrected chi connectivity index (χ0v) is 12.3. The van der Waals surface area contributed by atoms with Crippen LogP contribution in [0.3, 0.4) is 0 Å². The lowest BCUT2D eigenvalue weighted by molar-refractivity contribution is -0.132. The summed E-state index contributed by atoms with van der Waals surface area (Å²) in [5.74, 6) is 1.04.